The number of amides is 2. The molecule has 0 spiro atoms. The van der Waals surface area contributed by atoms with Crippen molar-refractivity contribution in [3.63, 3.8) is 0 Å². The number of hydrazine groups is 1. The summed E-state index contributed by atoms with van der Waals surface area (Å²) in [6.45, 7) is 1.91. The summed E-state index contributed by atoms with van der Waals surface area (Å²) in [5, 5.41) is 0. The number of hydrogen-bond acceptors (Lipinski definition) is 5. The Kier molecular flexibility index (Phi) is 6.78. The predicted molar refractivity (Wildman–Crippen MR) is 108 cm³/mol. The minimum atomic E-state index is -0.528. The first kappa shape index (κ1) is 19.9. The van der Waals surface area contributed by atoms with Crippen LogP contribution < -0.4 is 20.3 Å². The van der Waals surface area contributed by atoms with Crippen LogP contribution in [0, 0.1) is 0 Å². The van der Waals surface area contributed by atoms with Crippen molar-refractivity contribution in [1.82, 2.24) is 15.8 Å². The van der Waals surface area contributed by atoms with Gasteiger partial charge >= 0.3 is 0 Å². The normalized spacial score (nSPS) is 10.1. The van der Waals surface area contributed by atoms with Gasteiger partial charge in [0.25, 0.3) is 11.8 Å². The molecule has 1 aromatic heterocycles. The molecule has 0 aliphatic heterocycles. The molecule has 2 amide bonds. The van der Waals surface area contributed by atoms with Crippen molar-refractivity contribution in [3.05, 3.63) is 78.5 Å². The first-order valence-electron chi connectivity index (χ1n) is 9.13. The zero-order valence-corrected chi connectivity index (χ0v) is 15.9. The Hall–Kier alpha value is -3.87. The number of benzene rings is 2. The van der Waals surface area contributed by atoms with Gasteiger partial charge in [-0.1, -0.05) is 48.5 Å². The maximum Gasteiger partial charge on any atom is 0.276 e. The van der Waals surface area contributed by atoms with Crippen molar-refractivity contribution in [2.45, 2.75) is 6.92 Å². The molecule has 0 fully saturated rings. The van der Waals surface area contributed by atoms with Crippen molar-refractivity contribution in [3.8, 4) is 22.8 Å². The highest BCUT2D eigenvalue weighted by Gasteiger charge is 2.14. The van der Waals surface area contributed by atoms with E-state index in [1.54, 1.807) is 25.1 Å². The van der Waals surface area contributed by atoms with E-state index in [0.29, 0.717) is 12.4 Å². The van der Waals surface area contributed by atoms with Gasteiger partial charge in [0.2, 0.25) is 5.88 Å². The zero-order chi connectivity index (χ0) is 20.5. The van der Waals surface area contributed by atoms with E-state index in [9.17, 15) is 9.59 Å². The van der Waals surface area contributed by atoms with Crippen LogP contribution in [0.3, 0.4) is 0 Å². The molecule has 0 atom stereocenters. The molecule has 0 saturated carbocycles. The van der Waals surface area contributed by atoms with Crippen LogP contribution in [0.4, 0.5) is 0 Å². The Morgan fingerprint density at radius 3 is 2.45 bits per heavy atom. The largest absolute Gasteiger partial charge is 0.483 e. The number of carbonyl (C=O) groups is 2. The first-order chi connectivity index (χ1) is 14.2. The van der Waals surface area contributed by atoms with Gasteiger partial charge in [-0.2, -0.15) is 0 Å². The van der Waals surface area contributed by atoms with E-state index in [1.165, 1.54) is 6.20 Å². The van der Waals surface area contributed by atoms with E-state index in [4.69, 9.17) is 9.47 Å². The second kappa shape index (κ2) is 9.89. The lowest BCUT2D eigenvalue weighted by atomic mass is 10.1. The summed E-state index contributed by atoms with van der Waals surface area (Å²) in [6.07, 6.45) is 1.53. The fourth-order valence-corrected chi connectivity index (χ4v) is 2.64. The molecule has 2 aromatic carbocycles. The van der Waals surface area contributed by atoms with E-state index in [0.717, 1.165) is 11.1 Å². The fraction of sp³-hybridized carbons (Fsp3) is 0.136. The molecule has 148 valence electrons. The molecule has 3 aromatic rings. The molecule has 0 bridgehead atoms. The molecule has 1 heterocycles. The standard InChI is InChI=1S/C22H21N3O4/c1-2-28-22-18(12-8-14-23-22)21(27)25-24-20(26)15-29-19-13-7-6-11-17(19)16-9-4-3-5-10-16/h3-14H,2,15H2,1H3,(H,24,26)(H,25,27). The van der Waals surface area contributed by atoms with Gasteiger partial charge in [-0.3, -0.25) is 20.4 Å². The van der Waals surface area contributed by atoms with Gasteiger partial charge in [0, 0.05) is 11.8 Å². The number of para-hydroxylation sites is 1. The third kappa shape index (κ3) is 5.32. The molecule has 29 heavy (non-hydrogen) atoms. The Bertz CT molecular complexity index is 977. The van der Waals surface area contributed by atoms with Crippen LogP contribution >= 0.6 is 0 Å². The minimum Gasteiger partial charge on any atom is -0.483 e. The van der Waals surface area contributed by atoms with E-state index >= 15 is 0 Å². The molecule has 0 aliphatic carbocycles. The highest BCUT2D eigenvalue weighted by molar-refractivity contribution is 5.97. The zero-order valence-electron chi connectivity index (χ0n) is 15.9. The van der Waals surface area contributed by atoms with Crippen LogP contribution in [0.5, 0.6) is 11.6 Å². The highest BCUT2D eigenvalue weighted by atomic mass is 16.5. The average molecular weight is 391 g/mol. The Balaban J connectivity index is 1.57. The monoisotopic (exact) mass is 391 g/mol. The maximum atomic E-state index is 12.3. The Labute approximate surface area is 168 Å². The minimum absolute atomic E-state index is 0.204. The summed E-state index contributed by atoms with van der Waals surface area (Å²) in [7, 11) is 0. The number of rotatable bonds is 7. The van der Waals surface area contributed by atoms with Gasteiger partial charge in [-0.05, 0) is 30.7 Å². The third-order valence-electron chi connectivity index (χ3n) is 3.94. The fourth-order valence-electron chi connectivity index (χ4n) is 2.64. The van der Waals surface area contributed by atoms with Gasteiger partial charge in [0.05, 0.1) is 6.61 Å². The van der Waals surface area contributed by atoms with E-state index in [2.05, 4.69) is 15.8 Å². The van der Waals surface area contributed by atoms with Gasteiger partial charge < -0.3 is 9.47 Å². The Morgan fingerprint density at radius 2 is 1.66 bits per heavy atom. The molecule has 3 rings (SSSR count). The smallest absolute Gasteiger partial charge is 0.276 e. The van der Waals surface area contributed by atoms with Crippen LogP contribution in [0.25, 0.3) is 11.1 Å². The van der Waals surface area contributed by atoms with E-state index in [-0.39, 0.29) is 18.1 Å². The molecule has 2 N–H and O–H groups in total. The molecule has 7 heteroatoms. The van der Waals surface area contributed by atoms with E-state index < -0.39 is 11.8 Å². The van der Waals surface area contributed by atoms with Gasteiger partial charge in [-0.25, -0.2) is 4.98 Å². The summed E-state index contributed by atoms with van der Waals surface area (Å²) < 4.78 is 11.0. The number of hydrogen-bond donors (Lipinski definition) is 2. The summed E-state index contributed by atoms with van der Waals surface area (Å²) in [5.41, 5.74) is 6.76. The summed E-state index contributed by atoms with van der Waals surface area (Å²) >= 11 is 0. The number of nitrogens with zero attached hydrogens (tertiary/aromatic N) is 1. The predicted octanol–water partition coefficient (Wildman–Crippen LogP) is 2.99. The Morgan fingerprint density at radius 1 is 0.897 bits per heavy atom. The van der Waals surface area contributed by atoms with Gasteiger partial charge in [-0.15, -0.1) is 0 Å². The second-order valence-electron chi connectivity index (χ2n) is 5.94. The molecule has 7 nitrogen and oxygen atoms in total. The maximum absolute atomic E-state index is 12.3. The molecule has 0 unspecified atom stereocenters. The lowest BCUT2D eigenvalue weighted by molar-refractivity contribution is -0.123. The lowest BCUT2D eigenvalue weighted by Crippen LogP contribution is -2.44. The SMILES string of the molecule is CCOc1ncccc1C(=O)NNC(=O)COc1ccccc1-c1ccccc1. The highest BCUT2D eigenvalue weighted by Crippen LogP contribution is 2.29. The van der Waals surface area contributed by atoms with Crippen LogP contribution in [0.1, 0.15) is 17.3 Å². The third-order valence-corrected chi connectivity index (χ3v) is 3.94. The number of carbonyl (C=O) groups excluding carboxylic acids is 2. The average Bonchev–Trinajstić information content (AvgIpc) is 2.77. The van der Waals surface area contributed by atoms with Crippen molar-refractivity contribution in [2.75, 3.05) is 13.2 Å². The van der Waals surface area contributed by atoms with E-state index in [1.807, 2.05) is 48.5 Å². The molecule has 0 saturated heterocycles. The van der Waals surface area contributed by atoms with Crippen molar-refractivity contribution in [1.29, 1.82) is 0 Å². The topological polar surface area (TPSA) is 89.5 Å². The number of nitrogens with one attached hydrogen (secondary N) is 2. The van der Waals surface area contributed by atoms with Crippen LogP contribution in [-0.4, -0.2) is 30.0 Å². The second-order valence-corrected chi connectivity index (χ2v) is 5.94. The summed E-state index contributed by atoms with van der Waals surface area (Å²) in [4.78, 5) is 28.4. The van der Waals surface area contributed by atoms with Crippen molar-refractivity contribution in [2.24, 2.45) is 0 Å². The van der Waals surface area contributed by atoms with Crippen LogP contribution in [0.15, 0.2) is 72.9 Å². The quantitative estimate of drug-likeness (QED) is 0.605. The van der Waals surface area contributed by atoms with Crippen molar-refractivity contribution >= 4 is 11.8 Å². The van der Waals surface area contributed by atoms with Crippen LogP contribution in [-0.2, 0) is 4.79 Å². The summed E-state index contributed by atoms with van der Waals surface area (Å²) in [5.74, 6) is -0.247. The van der Waals surface area contributed by atoms with Crippen LogP contribution in [0.2, 0.25) is 0 Å². The number of ether oxygens (including phenoxy) is 2. The molecular formula is C22H21N3O4. The van der Waals surface area contributed by atoms with Gasteiger partial charge in [0.15, 0.2) is 6.61 Å². The molecule has 0 radical (unpaired) electrons. The number of pyridine rings is 1. The number of aromatic nitrogens is 1. The van der Waals surface area contributed by atoms with Gasteiger partial charge in [0.1, 0.15) is 11.3 Å². The first-order valence-corrected chi connectivity index (χ1v) is 9.13. The molecular weight excluding hydrogens is 370 g/mol. The molecule has 0 aliphatic rings. The van der Waals surface area contributed by atoms with Crippen molar-refractivity contribution < 1.29 is 19.1 Å². The lowest BCUT2D eigenvalue weighted by Gasteiger charge is -2.13. The summed E-state index contributed by atoms with van der Waals surface area (Å²) in [6, 6.07) is 20.3.